The summed E-state index contributed by atoms with van der Waals surface area (Å²) in [6.07, 6.45) is 9.40. The Balaban J connectivity index is 1.40. The molecular formula is C19H22N2O3. The van der Waals surface area contributed by atoms with Crippen LogP contribution in [0, 0.1) is 33.8 Å². The van der Waals surface area contributed by atoms with Crippen molar-refractivity contribution in [2.75, 3.05) is 0 Å². The molecule has 3 saturated carbocycles. The number of fused-ring (bicyclic) bond motifs is 5. The molecule has 1 amide bonds. The quantitative estimate of drug-likeness (QED) is 0.522. The molecule has 3 aliphatic rings. The third-order valence-corrected chi connectivity index (χ3v) is 6.30. The number of rotatable bonds is 4. The van der Waals surface area contributed by atoms with Gasteiger partial charge in [0.25, 0.3) is 5.69 Å². The molecule has 2 bridgehead atoms. The van der Waals surface area contributed by atoms with E-state index in [9.17, 15) is 14.9 Å². The first-order chi connectivity index (χ1) is 11.6. The Morgan fingerprint density at radius 3 is 2.79 bits per heavy atom. The zero-order valence-electron chi connectivity index (χ0n) is 13.6. The summed E-state index contributed by atoms with van der Waals surface area (Å²) in [5.41, 5.74) is 0.483. The predicted octanol–water partition coefficient (Wildman–Crippen LogP) is 3.55. The van der Waals surface area contributed by atoms with Crippen LogP contribution in [0.25, 0.3) is 6.08 Å². The maximum atomic E-state index is 12.3. The number of benzene rings is 1. The van der Waals surface area contributed by atoms with E-state index in [4.69, 9.17) is 0 Å². The Labute approximate surface area is 141 Å². The number of para-hydroxylation sites is 1. The van der Waals surface area contributed by atoms with Crippen LogP contribution in [0.2, 0.25) is 0 Å². The van der Waals surface area contributed by atoms with E-state index in [0.29, 0.717) is 11.5 Å². The largest absolute Gasteiger partial charge is 0.350 e. The van der Waals surface area contributed by atoms with Crippen molar-refractivity contribution in [2.45, 2.75) is 38.1 Å². The van der Waals surface area contributed by atoms with Crippen molar-refractivity contribution in [1.29, 1.82) is 0 Å². The number of nitro benzene ring substituents is 1. The van der Waals surface area contributed by atoms with Gasteiger partial charge in [-0.25, -0.2) is 0 Å². The number of hydrogen-bond donors (Lipinski definition) is 1. The summed E-state index contributed by atoms with van der Waals surface area (Å²) in [6, 6.07) is 6.76. The van der Waals surface area contributed by atoms with Crippen LogP contribution in [0.15, 0.2) is 30.3 Å². The summed E-state index contributed by atoms with van der Waals surface area (Å²) in [7, 11) is 0. The van der Waals surface area contributed by atoms with E-state index >= 15 is 0 Å². The fourth-order valence-electron chi connectivity index (χ4n) is 5.43. The van der Waals surface area contributed by atoms with Crippen LogP contribution in [-0.4, -0.2) is 16.9 Å². The topological polar surface area (TPSA) is 72.2 Å². The number of hydrogen-bond acceptors (Lipinski definition) is 3. The van der Waals surface area contributed by atoms with Crippen LogP contribution in [0.1, 0.15) is 37.7 Å². The van der Waals surface area contributed by atoms with Crippen LogP contribution in [0.3, 0.4) is 0 Å². The molecule has 1 aromatic carbocycles. The number of amides is 1. The van der Waals surface area contributed by atoms with E-state index < -0.39 is 4.92 Å². The second kappa shape index (κ2) is 6.04. The molecule has 24 heavy (non-hydrogen) atoms. The molecule has 0 aromatic heterocycles. The molecule has 0 aliphatic heterocycles. The van der Waals surface area contributed by atoms with E-state index in [1.807, 2.05) is 0 Å². The number of nitrogens with one attached hydrogen (secondary N) is 1. The number of carbonyl (C=O) groups is 1. The molecule has 5 nitrogen and oxygen atoms in total. The highest BCUT2D eigenvalue weighted by atomic mass is 16.6. The Morgan fingerprint density at radius 1 is 1.17 bits per heavy atom. The molecule has 3 fully saturated rings. The van der Waals surface area contributed by atoms with Crippen molar-refractivity contribution in [3.05, 3.63) is 46.0 Å². The van der Waals surface area contributed by atoms with Gasteiger partial charge < -0.3 is 5.32 Å². The van der Waals surface area contributed by atoms with Crippen molar-refractivity contribution < 1.29 is 9.72 Å². The lowest BCUT2D eigenvalue weighted by atomic mass is 9.79. The second-order valence-corrected chi connectivity index (χ2v) is 7.42. The molecule has 0 heterocycles. The first-order valence-corrected chi connectivity index (χ1v) is 8.85. The molecule has 5 unspecified atom stereocenters. The summed E-state index contributed by atoms with van der Waals surface area (Å²) in [5, 5.41) is 14.2. The molecule has 1 N–H and O–H groups in total. The van der Waals surface area contributed by atoms with Crippen LogP contribution in [0.4, 0.5) is 5.69 Å². The molecule has 4 rings (SSSR count). The number of carbonyl (C=O) groups excluding carboxylic acids is 1. The average Bonchev–Trinajstić information content (AvgIpc) is 3.25. The van der Waals surface area contributed by atoms with Gasteiger partial charge in [-0.2, -0.15) is 0 Å². The lowest BCUT2D eigenvalue weighted by Gasteiger charge is -2.31. The molecule has 0 saturated heterocycles. The van der Waals surface area contributed by atoms with Gasteiger partial charge in [0.05, 0.1) is 10.5 Å². The van der Waals surface area contributed by atoms with E-state index in [0.717, 1.165) is 24.2 Å². The van der Waals surface area contributed by atoms with Crippen molar-refractivity contribution in [3.63, 3.8) is 0 Å². The Morgan fingerprint density at radius 2 is 1.96 bits per heavy atom. The fraction of sp³-hybridized carbons (Fsp3) is 0.526. The average molecular weight is 326 g/mol. The van der Waals surface area contributed by atoms with Gasteiger partial charge in [-0.05, 0) is 61.5 Å². The Kier molecular flexibility index (Phi) is 3.87. The van der Waals surface area contributed by atoms with Crippen LogP contribution in [-0.2, 0) is 4.79 Å². The minimum atomic E-state index is -0.423. The van der Waals surface area contributed by atoms with Gasteiger partial charge in [0.15, 0.2) is 0 Å². The molecule has 0 radical (unpaired) electrons. The van der Waals surface area contributed by atoms with E-state index in [1.165, 1.54) is 37.8 Å². The summed E-state index contributed by atoms with van der Waals surface area (Å²) >= 11 is 0. The van der Waals surface area contributed by atoms with Crippen molar-refractivity contribution >= 4 is 17.7 Å². The third kappa shape index (κ3) is 2.62. The minimum Gasteiger partial charge on any atom is -0.350 e. The Bertz CT molecular complexity index is 700. The first-order valence-electron chi connectivity index (χ1n) is 8.85. The molecule has 3 aliphatic carbocycles. The fourth-order valence-corrected chi connectivity index (χ4v) is 5.43. The summed E-state index contributed by atoms with van der Waals surface area (Å²) < 4.78 is 0. The van der Waals surface area contributed by atoms with E-state index in [2.05, 4.69) is 5.32 Å². The van der Waals surface area contributed by atoms with Gasteiger partial charge in [0.2, 0.25) is 5.91 Å². The summed E-state index contributed by atoms with van der Waals surface area (Å²) in [4.78, 5) is 22.8. The maximum Gasteiger partial charge on any atom is 0.276 e. The van der Waals surface area contributed by atoms with Crippen molar-refractivity contribution in [2.24, 2.45) is 23.7 Å². The highest BCUT2D eigenvalue weighted by molar-refractivity contribution is 5.92. The van der Waals surface area contributed by atoms with Crippen molar-refractivity contribution in [3.8, 4) is 0 Å². The van der Waals surface area contributed by atoms with Gasteiger partial charge in [0, 0.05) is 18.2 Å². The first kappa shape index (κ1) is 15.4. The lowest BCUT2D eigenvalue weighted by Crippen LogP contribution is -2.41. The smallest absolute Gasteiger partial charge is 0.276 e. The van der Waals surface area contributed by atoms with Crippen LogP contribution < -0.4 is 5.32 Å². The second-order valence-electron chi connectivity index (χ2n) is 7.42. The number of nitrogens with zero attached hydrogens (tertiary/aromatic N) is 1. The summed E-state index contributed by atoms with van der Waals surface area (Å²) in [6.45, 7) is 0. The Hall–Kier alpha value is -2.17. The molecule has 5 atom stereocenters. The van der Waals surface area contributed by atoms with E-state index in [-0.39, 0.29) is 17.6 Å². The maximum absolute atomic E-state index is 12.3. The predicted molar refractivity (Wildman–Crippen MR) is 91.1 cm³/mol. The minimum absolute atomic E-state index is 0.0234. The molecule has 0 spiro atoms. The molecular weight excluding hydrogens is 304 g/mol. The van der Waals surface area contributed by atoms with Gasteiger partial charge in [-0.15, -0.1) is 0 Å². The number of nitro groups is 1. The standard InChI is InChI=1S/C19H22N2O3/c22-19(9-8-12-4-1-2-7-18(12)21(23)24)20-17-11-13-10-16(17)15-6-3-5-14(13)15/h1-2,4,7-9,13-17H,3,5-6,10-11H2,(H,20,22)/b9-8+. The zero-order valence-corrected chi connectivity index (χ0v) is 13.6. The summed E-state index contributed by atoms with van der Waals surface area (Å²) in [5.74, 6) is 3.03. The van der Waals surface area contributed by atoms with Crippen LogP contribution >= 0.6 is 0 Å². The zero-order chi connectivity index (χ0) is 16.7. The monoisotopic (exact) mass is 326 g/mol. The SMILES string of the molecule is O=C(/C=C/c1ccccc1[N+](=O)[O-])NC1CC2CC1C1CCCC21. The third-order valence-electron chi connectivity index (χ3n) is 6.30. The van der Waals surface area contributed by atoms with Gasteiger partial charge in [0.1, 0.15) is 0 Å². The van der Waals surface area contributed by atoms with Gasteiger partial charge in [-0.3, -0.25) is 14.9 Å². The highest BCUT2D eigenvalue weighted by Crippen LogP contribution is 2.58. The highest BCUT2D eigenvalue weighted by Gasteiger charge is 2.53. The van der Waals surface area contributed by atoms with Gasteiger partial charge >= 0.3 is 0 Å². The van der Waals surface area contributed by atoms with Crippen LogP contribution in [0.5, 0.6) is 0 Å². The molecule has 1 aromatic rings. The van der Waals surface area contributed by atoms with Gasteiger partial charge in [-0.1, -0.05) is 18.6 Å². The molecule has 126 valence electrons. The lowest BCUT2D eigenvalue weighted by molar-refractivity contribution is -0.385. The van der Waals surface area contributed by atoms with E-state index in [1.54, 1.807) is 24.3 Å². The molecule has 5 heteroatoms. The van der Waals surface area contributed by atoms with Crippen molar-refractivity contribution in [1.82, 2.24) is 5.32 Å². The normalized spacial score (nSPS) is 33.8.